The van der Waals surface area contributed by atoms with Crippen LogP contribution >= 0.6 is 11.8 Å². The van der Waals surface area contributed by atoms with Crippen molar-refractivity contribution in [3.8, 4) is 17.1 Å². The molecule has 146 valence electrons. The molecule has 0 saturated heterocycles. The van der Waals surface area contributed by atoms with E-state index in [4.69, 9.17) is 0 Å². The number of nitrogens with zero attached hydrogens (tertiary/aromatic N) is 4. The molecule has 0 aliphatic carbocycles. The molecule has 0 N–H and O–H groups in total. The smallest absolute Gasteiger partial charge is 0.233 e. The van der Waals surface area contributed by atoms with E-state index in [2.05, 4.69) is 24.0 Å². The lowest BCUT2D eigenvalue weighted by atomic mass is 10.2. The summed E-state index contributed by atoms with van der Waals surface area (Å²) in [5.74, 6) is 1.29. The normalized spacial score (nSPS) is 10.8. The zero-order valence-corrected chi connectivity index (χ0v) is 17.2. The Morgan fingerprint density at radius 3 is 2.14 bits per heavy atom. The molecule has 0 aliphatic heterocycles. The molecule has 0 bridgehead atoms. The van der Waals surface area contributed by atoms with Gasteiger partial charge in [-0.15, -0.1) is 10.2 Å². The van der Waals surface area contributed by atoms with Crippen LogP contribution in [0.2, 0.25) is 0 Å². The summed E-state index contributed by atoms with van der Waals surface area (Å²) >= 11 is 1.44. The maximum Gasteiger partial charge on any atom is 0.233 e. The van der Waals surface area contributed by atoms with Crippen molar-refractivity contribution >= 4 is 17.7 Å². The topological polar surface area (TPSA) is 51.0 Å². The minimum absolute atomic E-state index is 0.151. The van der Waals surface area contributed by atoms with Crippen LogP contribution in [0.15, 0.2) is 65.8 Å². The fourth-order valence-corrected chi connectivity index (χ4v) is 3.92. The first kappa shape index (κ1) is 20.1. The molecule has 0 unspecified atom stereocenters. The molecule has 1 aromatic heterocycles. The summed E-state index contributed by atoms with van der Waals surface area (Å²) in [6.07, 6.45) is 1.93. The number of carbonyl (C=O) groups excluding carboxylic acids is 1. The standard InChI is InChI=1S/C22H26N4OS/c1-3-15-25(16-4-2)20(27)17-28-22-24-23-21(18-11-7-5-8-12-18)26(22)19-13-9-6-10-14-19/h5-14H,3-4,15-17H2,1-2H3. The lowest BCUT2D eigenvalue weighted by Gasteiger charge is -2.21. The van der Waals surface area contributed by atoms with E-state index >= 15 is 0 Å². The third kappa shape index (κ3) is 4.81. The summed E-state index contributed by atoms with van der Waals surface area (Å²) in [6.45, 7) is 5.80. The second-order valence-electron chi connectivity index (χ2n) is 6.51. The number of para-hydroxylation sites is 1. The number of carbonyl (C=O) groups is 1. The predicted octanol–water partition coefficient (Wildman–Crippen LogP) is 4.68. The van der Waals surface area contributed by atoms with Gasteiger partial charge in [0.25, 0.3) is 0 Å². The lowest BCUT2D eigenvalue weighted by molar-refractivity contribution is -0.128. The molecule has 3 aromatic rings. The van der Waals surface area contributed by atoms with Gasteiger partial charge < -0.3 is 4.90 Å². The molecule has 28 heavy (non-hydrogen) atoms. The van der Waals surface area contributed by atoms with E-state index < -0.39 is 0 Å². The highest BCUT2D eigenvalue weighted by Gasteiger charge is 2.18. The van der Waals surface area contributed by atoms with Crippen LogP contribution < -0.4 is 0 Å². The monoisotopic (exact) mass is 394 g/mol. The van der Waals surface area contributed by atoms with Gasteiger partial charge in [-0.05, 0) is 25.0 Å². The van der Waals surface area contributed by atoms with E-state index in [1.165, 1.54) is 11.8 Å². The average molecular weight is 395 g/mol. The minimum Gasteiger partial charge on any atom is -0.342 e. The van der Waals surface area contributed by atoms with Crippen molar-refractivity contribution in [2.24, 2.45) is 0 Å². The average Bonchev–Trinajstić information content (AvgIpc) is 3.17. The molecule has 1 heterocycles. The largest absolute Gasteiger partial charge is 0.342 e. The number of rotatable bonds is 9. The Labute approximate surface area is 170 Å². The summed E-state index contributed by atoms with van der Waals surface area (Å²) < 4.78 is 2.03. The summed E-state index contributed by atoms with van der Waals surface area (Å²) in [5.41, 5.74) is 1.98. The van der Waals surface area contributed by atoms with Crippen molar-refractivity contribution in [1.82, 2.24) is 19.7 Å². The third-order valence-corrected chi connectivity index (χ3v) is 5.26. The Bertz CT molecular complexity index is 874. The molecule has 2 aromatic carbocycles. The van der Waals surface area contributed by atoms with Crippen LogP contribution in [0, 0.1) is 0 Å². The second-order valence-corrected chi connectivity index (χ2v) is 7.46. The quantitative estimate of drug-likeness (QED) is 0.495. The molecule has 0 aliphatic rings. The number of thioether (sulfide) groups is 1. The first-order valence-corrected chi connectivity index (χ1v) is 10.7. The molecule has 0 saturated carbocycles. The van der Waals surface area contributed by atoms with Gasteiger partial charge in [-0.1, -0.05) is 74.1 Å². The van der Waals surface area contributed by atoms with Crippen LogP contribution in [0.1, 0.15) is 26.7 Å². The van der Waals surface area contributed by atoms with E-state index in [0.717, 1.165) is 48.2 Å². The van der Waals surface area contributed by atoms with Gasteiger partial charge in [-0.2, -0.15) is 0 Å². The predicted molar refractivity (Wildman–Crippen MR) is 115 cm³/mol. The first-order chi connectivity index (χ1) is 13.7. The van der Waals surface area contributed by atoms with E-state index in [9.17, 15) is 4.79 Å². The maximum absolute atomic E-state index is 12.7. The van der Waals surface area contributed by atoms with E-state index in [1.807, 2.05) is 70.1 Å². The number of amides is 1. The number of hydrogen-bond acceptors (Lipinski definition) is 4. The third-order valence-electron chi connectivity index (χ3n) is 4.34. The van der Waals surface area contributed by atoms with Gasteiger partial charge in [-0.25, -0.2) is 0 Å². The second kappa shape index (κ2) is 10.1. The van der Waals surface area contributed by atoms with Crippen molar-refractivity contribution in [2.45, 2.75) is 31.8 Å². The van der Waals surface area contributed by atoms with Crippen molar-refractivity contribution in [3.05, 3.63) is 60.7 Å². The van der Waals surface area contributed by atoms with Crippen LogP contribution in [0.4, 0.5) is 0 Å². The Hall–Kier alpha value is -2.60. The van der Waals surface area contributed by atoms with Gasteiger partial charge >= 0.3 is 0 Å². The van der Waals surface area contributed by atoms with Crippen molar-refractivity contribution < 1.29 is 4.79 Å². The number of aromatic nitrogens is 3. The molecule has 0 radical (unpaired) electrons. The van der Waals surface area contributed by atoms with E-state index in [-0.39, 0.29) is 5.91 Å². The van der Waals surface area contributed by atoms with Gasteiger partial charge in [0.05, 0.1) is 5.75 Å². The highest BCUT2D eigenvalue weighted by molar-refractivity contribution is 7.99. The summed E-state index contributed by atoms with van der Waals surface area (Å²) in [4.78, 5) is 14.6. The van der Waals surface area contributed by atoms with Gasteiger partial charge in [0.1, 0.15) is 0 Å². The number of hydrogen-bond donors (Lipinski definition) is 0. The molecule has 0 atom stereocenters. The maximum atomic E-state index is 12.7. The van der Waals surface area contributed by atoms with Crippen LogP contribution in [0.5, 0.6) is 0 Å². The van der Waals surface area contributed by atoms with Crippen LogP contribution in [-0.2, 0) is 4.79 Å². The highest BCUT2D eigenvalue weighted by Crippen LogP contribution is 2.28. The number of benzene rings is 2. The Kier molecular flexibility index (Phi) is 7.25. The molecule has 0 spiro atoms. The first-order valence-electron chi connectivity index (χ1n) is 9.71. The van der Waals surface area contributed by atoms with Crippen LogP contribution in [0.25, 0.3) is 17.1 Å². The molecular formula is C22H26N4OS. The minimum atomic E-state index is 0.151. The molecule has 0 fully saturated rings. The molecular weight excluding hydrogens is 368 g/mol. The van der Waals surface area contributed by atoms with Gasteiger partial charge in [-0.3, -0.25) is 9.36 Å². The van der Waals surface area contributed by atoms with Crippen molar-refractivity contribution in [2.75, 3.05) is 18.8 Å². The summed E-state index contributed by atoms with van der Waals surface area (Å²) in [7, 11) is 0. The molecule has 5 nitrogen and oxygen atoms in total. The molecule has 1 amide bonds. The van der Waals surface area contributed by atoms with Crippen LogP contribution in [-0.4, -0.2) is 44.4 Å². The fraction of sp³-hybridized carbons (Fsp3) is 0.318. The highest BCUT2D eigenvalue weighted by atomic mass is 32.2. The fourth-order valence-electron chi connectivity index (χ4n) is 3.07. The van der Waals surface area contributed by atoms with Crippen LogP contribution in [0.3, 0.4) is 0 Å². The summed E-state index contributed by atoms with van der Waals surface area (Å²) in [5, 5.41) is 9.55. The Morgan fingerprint density at radius 2 is 1.54 bits per heavy atom. The van der Waals surface area contributed by atoms with Crippen molar-refractivity contribution in [1.29, 1.82) is 0 Å². The van der Waals surface area contributed by atoms with E-state index in [0.29, 0.717) is 5.75 Å². The SMILES string of the molecule is CCCN(CCC)C(=O)CSc1nnc(-c2ccccc2)n1-c1ccccc1. The zero-order chi connectivity index (χ0) is 19.8. The molecule has 6 heteroatoms. The van der Waals surface area contributed by atoms with Gasteiger partial charge in [0, 0.05) is 24.3 Å². The zero-order valence-electron chi connectivity index (χ0n) is 16.4. The Balaban J connectivity index is 1.87. The van der Waals surface area contributed by atoms with E-state index in [1.54, 1.807) is 0 Å². The van der Waals surface area contributed by atoms with Gasteiger partial charge in [0.2, 0.25) is 5.91 Å². The molecule has 3 rings (SSSR count). The Morgan fingerprint density at radius 1 is 0.929 bits per heavy atom. The van der Waals surface area contributed by atoms with Gasteiger partial charge in [0.15, 0.2) is 11.0 Å². The summed E-state index contributed by atoms with van der Waals surface area (Å²) in [6, 6.07) is 20.0. The lowest BCUT2D eigenvalue weighted by Crippen LogP contribution is -2.33. The van der Waals surface area contributed by atoms with Crippen molar-refractivity contribution in [3.63, 3.8) is 0 Å².